The molecule has 4 aliphatic rings. The van der Waals surface area contributed by atoms with Gasteiger partial charge in [0.05, 0.1) is 109 Å². The monoisotopic (exact) mass is 1100 g/mol. The predicted molar refractivity (Wildman–Crippen MR) is 301 cm³/mol. The summed E-state index contributed by atoms with van der Waals surface area (Å²) in [4.78, 5) is 17.9. The van der Waals surface area contributed by atoms with E-state index >= 15 is 0 Å². The largest absolute Gasteiger partial charge is 0.397 e. The number of pyridine rings is 2. The number of anilines is 7. The van der Waals surface area contributed by atoms with Gasteiger partial charge < -0.3 is 49.6 Å². The summed E-state index contributed by atoms with van der Waals surface area (Å²) in [6, 6.07) is 29.2. The number of aromatic nitrogens is 2. The number of nitrogens with two attached hydrogens (primary N) is 1. The Bertz CT molecular complexity index is 3480. The van der Waals surface area contributed by atoms with Gasteiger partial charge >= 0.3 is 0 Å². The van der Waals surface area contributed by atoms with Crippen LogP contribution in [-0.2, 0) is 18.9 Å². The normalized spacial score (nSPS) is 15.9. The fraction of sp³-hybridized carbons (Fsp3) is 0.300. The van der Waals surface area contributed by atoms with Crippen LogP contribution in [0.1, 0.15) is 11.1 Å². The molecule has 0 spiro atoms. The van der Waals surface area contributed by atoms with Gasteiger partial charge in [0.1, 0.15) is 11.6 Å². The van der Waals surface area contributed by atoms with Gasteiger partial charge in [-0.3, -0.25) is 0 Å². The van der Waals surface area contributed by atoms with Crippen LogP contribution in [0.3, 0.4) is 0 Å². The molecule has 0 radical (unpaired) electrons. The highest BCUT2D eigenvalue weighted by Gasteiger charge is 2.24. The quantitative estimate of drug-likeness (QED) is 0.112. The summed E-state index contributed by atoms with van der Waals surface area (Å²) >= 11 is 6.21. The smallest absolute Gasteiger partial charge is 0.161 e. The van der Waals surface area contributed by atoms with Crippen molar-refractivity contribution in [3.8, 4) is 22.5 Å². The number of halogens is 7. The summed E-state index contributed by atoms with van der Waals surface area (Å²) in [5.74, 6) is -4.89. The zero-order valence-electron chi connectivity index (χ0n) is 43.7. The van der Waals surface area contributed by atoms with Crippen molar-refractivity contribution in [1.29, 1.82) is 0 Å². The number of benzene rings is 6. The minimum atomic E-state index is -1.02. The van der Waals surface area contributed by atoms with E-state index in [1.54, 1.807) is 43.3 Å². The standard InChI is InChI=1S/C30H29F3N4O2.C16H9ClF3N.C14H21N3O2/c1-19-29(21-4-2-3-5-23(21)31)34-26-18-25(33)24(32)17-22(26)30(19)35-27-16-20(36-8-12-38-13-9-36)6-7-28(27)37-10-14-39-15-11-37;1-8-15(17)10-6-12(19)13(20)7-14(10)21-16(8)9-4-2-3-5-11(9)18;15-13-11-12(16-3-7-18-8-4-16)1-2-14(13)17-5-9-19-10-6-17/h2-7,16-18H,8-15H2,1H3,(H,34,35);2-7H,1H3;1-2,11H,3-10,15H2. The third kappa shape index (κ3) is 12.3. The summed E-state index contributed by atoms with van der Waals surface area (Å²) in [7, 11) is 0. The molecule has 6 aromatic carbocycles. The molecule has 0 atom stereocenters. The van der Waals surface area contributed by atoms with Crippen LogP contribution >= 0.6 is 11.6 Å². The highest BCUT2D eigenvalue weighted by atomic mass is 35.5. The van der Waals surface area contributed by atoms with Crippen molar-refractivity contribution in [3.05, 3.63) is 160 Å². The molecule has 12 rings (SSSR count). The highest BCUT2D eigenvalue weighted by molar-refractivity contribution is 6.36. The van der Waals surface area contributed by atoms with Gasteiger partial charge in [0.25, 0.3) is 0 Å². The minimum absolute atomic E-state index is 0.183. The molecule has 19 heteroatoms. The fourth-order valence-corrected chi connectivity index (χ4v) is 10.4. The molecule has 0 bridgehead atoms. The third-order valence-corrected chi connectivity index (χ3v) is 14.9. The number of nitrogen functional groups attached to an aromatic ring is 1. The maximum absolute atomic E-state index is 14.9. The lowest BCUT2D eigenvalue weighted by molar-refractivity contribution is 0.122. The van der Waals surface area contributed by atoms with Crippen LogP contribution in [0.25, 0.3) is 44.3 Å². The second-order valence-corrected chi connectivity index (χ2v) is 19.7. The van der Waals surface area contributed by atoms with E-state index in [2.05, 4.69) is 71.3 Å². The van der Waals surface area contributed by atoms with Gasteiger partial charge in [-0.15, -0.1) is 0 Å². The highest BCUT2D eigenvalue weighted by Crippen LogP contribution is 2.41. The van der Waals surface area contributed by atoms with Crippen LogP contribution in [0.4, 0.5) is 66.2 Å². The maximum Gasteiger partial charge on any atom is 0.161 e. The minimum Gasteiger partial charge on any atom is -0.397 e. The van der Waals surface area contributed by atoms with Gasteiger partial charge in [0.15, 0.2) is 23.3 Å². The average molecular weight is 1110 g/mol. The molecule has 2 aromatic heterocycles. The Morgan fingerprint density at radius 1 is 0.456 bits per heavy atom. The van der Waals surface area contributed by atoms with Crippen LogP contribution in [0.15, 0.2) is 109 Å². The van der Waals surface area contributed by atoms with Crippen molar-refractivity contribution in [2.75, 3.05) is 136 Å². The van der Waals surface area contributed by atoms with E-state index in [9.17, 15) is 26.3 Å². The number of hydrogen-bond acceptors (Lipinski definition) is 12. The number of ether oxygens (including phenoxy) is 4. The van der Waals surface area contributed by atoms with E-state index in [0.29, 0.717) is 71.0 Å². The van der Waals surface area contributed by atoms with Gasteiger partial charge in [0.2, 0.25) is 0 Å². The molecule has 4 fully saturated rings. The van der Waals surface area contributed by atoms with E-state index in [-0.39, 0.29) is 21.6 Å². The zero-order chi connectivity index (χ0) is 55.2. The number of nitrogens with one attached hydrogen (secondary N) is 1. The third-order valence-electron chi connectivity index (χ3n) is 14.4. The molecule has 0 saturated carbocycles. The van der Waals surface area contributed by atoms with Crippen molar-refractivity contribution in [2.24, 2.45) is 0 Å². The lowest BCUT2D eigenvalue weighted by atomic mass is 10.0. The Morgan fingerprint density at radius 2 is 0.861 bits per heavy atom. The molecule has 412 valence electrons. The Morgan fingerprint density at radius 3 is 1.35 bits per heavy atom. The number of fused-ring (bicyclic) bond motifs is 2. The van der Waals surface area contributed by atoms with E-state index in [4.69, 9.17) is 36.3 Å². The molecule has 4 saturated heterocycles. The molecule has 79 heavy (non-hydrogen) atoms. The SMILES string of the molecule is Cc1c(-c2ccccc2F)nc2cc(F)c(F)cc2c1Cl.Cc1c(-c2ccccc2F)nc2cc(F)c(F)cc2c1Nc1cc(N2CCOCC2)ccc1N1CCOCC1.Nc1cc(N2CCOCC2)ccc1N1CCOCC1. The summed E-state index contributed by atoms with van der Waals surface area (Å²) in [6.45, 7) is 15.9. The second-order valence-electron chi connectivity index (χ2n) is 19.4. The summed E-state index contributed by atoms with van der Waals surface area (Å²) in [6.07, 6.45) is 0. The molecule has 8 aromatic rings. The lowest BCUT2D eigenvalue weighted by Crippen LogP contribution is -2.37. The van der Waals surface area contributed by atoms with Crippen LogP contribution < -0.4 is 30.7 Å². The van der Waals surface area contributed by atoms with Crippen molar-refractivity contribution in [1.82, 2.24) is 9.97 Å². The van der Waals surface area contributed by atoms with Crippen LogP contribution in [0.5, 0.6) is 0 Å². The van der Waals surface area contributed by atoms with E-state index in [1.165, 1.54) is 17.8 Å². The van der Waals surface area contributed by atoms with Crippen LogP contribution in [0.2, 0.25) is 5.02 Å². The summed E-state index contributed by atoms with van der Waals surface area (Å²) in [5.41, 5.74) is 15.5. The van der Waals surface area contributed by atoms with Gasteiger partial charge in [-0.1, -0.05) is 35.9 Å². The van der Waals surface area contributed by atoms with Gasteiger partial charge in [-0.25, -0.2) is 36.3 Å². The first-order valence-electron chi connectivity index (χ1n) is 26.2. The Hall–Kier alpha value is -7.35. The predicted octanol–water partition coefficient (Wildman–Crippen LogP) is 12.3. The number of nitrogens with zero attached hydrogens (tertiary/aromatic N) is 6. The van der Waals surface area contributed by atoms with Gasteiger partial charge in [0, 0.05) is 97.8 Å². The Kier molecular flexibility index (Phi) is 17.2. The first kappa shape index (κ1) is 55.0. The van der Waals surface area contributed by atoms with E-state index in [1.807, 2.05) is 6.92 Å². The average Bonchev–Trinajstić information content (AvgIpc) is 3.52. The second kappa shape index (κ2) is 24.8. The Balaban J connectivity index is 0.000000148. The number of hydrogen-bond donors (Lipinski definition) is 2. The maximum atomic E-state index is 14.9. The number of rotatable bonds is 8. The molecule has 6 heterocycles. The van der Waals surface area contributed by atoms with Crippen LogP contribution in [0, 0.1) is 48.8 Å². The van der Waals surface area contributed by atoms with Crippen molar-refractivity contribution >= 4 is 73.2 Å². The molecule has 0 aliphatic carbocycles. The topological polar surface area (TPSA) is 114 Å². The molecule has 3 N–H and O–H groups in total. The van der Waals surface area contributed by atoms with Gasteiger partial charge in [-0.05, 0) is 97.8 Å². The van der Waals surface area contributed by atoms with E-state index < -0.39 is 34.9 Å². The van der Waals surface area contributed by atoms with E-state index in [0.717, 1.165) is 131 Å². The first-order chi connectivity index (χ1) is 38.3. The lowest BCUT2D eigenvalue weighted by Gasteiger charge is -2.33. The van der Waals surface area contributed by atoms with Crippen LogP contribution in [-0.4, -0.2) is 115 Å². The van der Waals surface area contributed by atoms with Crippen molar-refractivity contribution in [2.45, 2.75) is 13.8 Å². The summed E-state index contributed by atoms with van der Waals surface area (Å²) < 4.78 is 106. The molecule has 0 unspecified atom stereocenters. The molecular weight excluding hydrogens is 1050 g/mol. The molecular formula is C60H59ClF6N8O4. The zero-order valence-corrected chi connectivity index (χ0v) is 44.5. The molecule has 12 nitrogen and oxygen atoms in total. The molecule has 0 amide bonds. The first-order valence-corrected chi connectivity index (χ1v) is 26.6. The van der Waals surface area contributed by atoms with Gasteiger partial charge in [-0.2, -0.15) is 0 Å². The summed E-state index contributed by atoms with van der Waals surface area (Å²) in [5, 5.41) is 4.49. The van der Waals surface area contributed by atoms with Crippen molar-refractivity contribution < 1.29 is 45.3 Å². The van der Waals surface area contributed by atoms with Crippen molar-refractivity contribution in [3.63, 3.8) is 0 Å². The molecule has 4 aliphatic heterocycles. The fourth-order valence-electron chi connectivity index (χ4n) is 10.2. The Labute approximate surface area is 459 Å². The number of morpholine rings is 4.